The van der Waals surface area contributed by atoms with Gasteiger partial charge in [-0.3, -0.25) is 14.5 Å². The van der Waals surface area contributed by atoms with E-state index in [0.717, 1.165) is 10.5 Å². The van der Waals surface area contributed by atoms with E-state index < -0.39 is 23.4 Å². The van der Waals surface area contributed by atoms with Gasteiger partial charge in [0, 0.05) is 12.2 Å². The number of carbonyl (C=O) groups is 3. The molecule has 0 saturated carbocycles. The molecule has 4 amide bonds. The molecule has 30 heavy (non-hydrogen) atoms. The summed E-state index contributed by atoms with van der Waals surface area (Å²) < 4.78 is 5.38. The first kappa shape index (κ1) is 23.2. The number of nitrogens with zero attached hydrogens (tertiary/aromatic N) is 1. The second-order valence-corrected chi connectivity index (χ2v) is 7.02. The van der Waals surface area contributed by atoms with Crippen molar-refractivity contribution in [3.8, 4) is 5.75 Å². The molecule has 3 rings (SSSR count). The van der Waals surface area contributed by atoms with Crippen LogP contribution in [0.15, 0.2) is 48.5 Å². The minimum absolute atomic E-state index is 0. The molecule has 0 spiro atoms. The number of amides is 4. The second-order valence-electron chi connectivity index (χ2n) is 7.02. The Labute approximate surface area is 181 Å². The molecule has 1 saturated heterocycles. The smallest absolute Gasteiger partial charge is 0.325 e. The zero-order valence-electron chi connectivity index (χ0n) is 16.8. The van der Waals surface area contributed by atoms with Crippen LogP contribution >= 0.6 is 12.4 Å². The maximum absolute atomic E-state index is 12.9. The summed E-state index contributed by atoms with van der Waals surface area (Å²) in [5, 5.41) is 5.37. The topological polar surface area (TPSA) is 114 Å². The van der Waals surface area contributed by atoms with E-state index in [1.807, 2.05) is 19.1 Å². The van der Waals surface area contributed by atoms with Crippen LogP contribution in [0.3, 0.4) is 0 Å². The van der Waals surface area contributed by atoms with E-state index in [-0.39, 0.29) is 19.0 Å². The number of hydrogen-bond acceptors (Lipinski definition) is 5. The molecule has 1 unspecified atom stereocenters. The third-order valence-corrected chi connectivity index (χ3v) is 4.73. The first-order valence-corrected chi connectivity index (χ1v) is 9.27. The van der Waals surface area contributed by atoms with Gasteiger partial charge in [0.15, 0.2) is 0 Å². The van der Waals surface area contributed by atoms with Crippen LogP contribution in [0, 0.1) is 6.92 Å². The molecule has 4 N–H and O–H groups in total. The average Bonchev–Trinajstić information content (AvgIpc) is 2.92. The SMILES string of the molecule is Cc1ccc(C2(C)NC(=O)N(CC(=O)Nc3ccc(OCCN)cc3)C2=O)cc1.Cl. The lowest BCUT2D eigenvalue weighted by atomic mass is 9.91. The van der Waals surface area contributed by atoms with Crippen LogP contribution in [0.5, 0.6) is 5.75 Å². The fourth-order valence-electron chi connectivity index (χ4n) is 3.08. The molecule has 0 aliphatic carbocycles. The molecule has 2 aromatic rings. The van der Waals surface area contributed by atoms with Crippen LogP contribution in [-0.4, -0.2) is 42.4 Å². The number of nitrogens with two attached hydrogens (primary N) is 1. The number of imide groups is 1. The van der Waals surface area contributed by atoms with Crippen LogP contribution in [0.25, 0.3) is 0 Å². The molecule has 0 aromatic heterocycles. The van der Waals surface area contributed by atoms with Gasteiger partial charge in [-0.1, -0.05) is 29.8 Å². The van der Waals surface area contributed by atoms with Crippen molar-refractivity contribution in [1.29, 1.82) is 0 Å². The quantitative estimate of drug-likeness (QED) is 0.580. The molecular formula is C21H25ClN4O4. The van der Waals surface area contributed by atoms with E-state index in [1.165, 1.54) is 0 Å². The van der Waals surface area contributed by atoms with Gasteiger partial charge in [0.25, 0.3) is 5.91 Å². The molecule has 8 nitrogen and oxygen atoms in total. The Balaban J connectivity index is 0.00000320. The van der Waals surface area contributed by atoms with Crippen LogP contribution in [0.1, 0.15) is 18.1 Å². The molecule has 1 heterocycles. The average molecular weight is 433 g/mol. The Hall–Kier alpha value is -3.10. The zero-order chi connectivity index (χ0) is 21.0. The predicted molar refractivity (Wildman–Crippen MR) is 116 cm³/mol. The maximum atomic E-state index is 12.9. The van der Waals surface area contributed by atoms with Gasteiger partial charge in [-0.2, -0.15) is 0 Å². The van der Waals surface area contributed by atoms with Crippen molar-refractivity contribution in [2.75, 3.05) is 25.0 Å². The highest BCUT2D eigenvalue weighted by Gasteiger charge is 2.49. The van der Waals surface area contributed by atoms with Crippen LogP contribution in [0.4, 0.5) is 10.5 Å². The van der Waals surface area contributed by atoms with Crippen molar-refractivity contribution in [2.24, 2.45) is 5.73 Å². The number of halogens is 1. The third-order valence-electron chi connectivity index (χ3n) is 4.73. The number of anilines is 1. The molecule has 9 heteroatoms. The number of carbonyl (C=O) groups excluding carboxylic acids is 3. The lowest BCUT2D eigenvalue weighted by molar-refractivity contribution is -0.133. The summed E-state index contributed by atoms with van der Waals surface area (Å²) in [6.07, 6.45) is 0. The Morgan fingerprint density at radius 2 is 1.77 bits per heavy atom. The van der Waals surface area contributed by atoms with Crippen molar-refractivity contribution in [1.82, 2.24) is 10.2 Å². The summed E-state index contributed by atoms with van der Waals surface area (Å²) in [5.41, 5.74) is 6.43. The Morgan fingerprint density at radius 1 is 1.13 bits per heavy atom. The lowest BCUT2D eigenvalue weighted by Crippen LogP contribution is -2.42. The third kappa shape index (κ3) is 4.90. The highest BCUT2D eigenvalue weighted by atomic mass is 35.5. The van der Waals surface area contributed by atoms with E-state index in [1.54, 1.807) is 43.3 Å². The minimum atomic E-state index is -1.20. The lowest BCUT2D eigenvalue weighted by Gasteiger charge is -2.22. The summed E-state index contributed by atoms with van der Waals surface area (Å²) in [4.78, 5) is 38.6. The number of rotatable bonds is 7. The predicted octanol–water partition coefficient (Wildman–Crippen LogP) is 2.16. The van der Waals surface area contributed by atoms with Crippen molar-refractivity contribution < 1.29 is 19.1 Å². The first-order valence-electron chi connectivity index (χ1n) is 9.27. The van der Waals surface area contributed by atoms with Gasteiger partial charge in [-0.15, -0.1) is 12.4 Å². The number of urea groups is 1. The number of benzene rings is 2. The van der Waals surface area contributed by atoms with Crippen LogP contribution in [0.2, 0.25) is 0 Å². The number of nitrogens with one attached hydrogen (secondary N) is 2. The summed E-state index contributed by atoms with van der Waals surface area (Å²) in [6.45, 7) is 4.01. The maximum Gasteiger partial charge on any atom is 0.325 e. The normalized spacial score (nSPS) is 17.9. The summed E-state index contributed by atoms with van der Waals surface area (Å²) >= 11 is 0. The van der Waals surface area contributed by atoms with Crippen molar-refractivity contribution >= 4 is 35.9 Å². The molecule has 2 aromatic carbocycles. The van der Waals surface area contributed by atoms with Gasteiger partial charge >= 0.3 is 6.03 Å². The largest absolute Gasteiger partial charge is 0.492 e. The van der Waals surface area contributed by atoms with Gasteiger partial charge in [-0.25, -0.2) is 4.79 Å². The van der Waals surface area contributed by atoms with Crippen LogP contribution < -0.4 is 21.1 Å². The van der Waals surface area contributed by atoms with E-state index in [2.05, 4.69) is 10.6 Å². The van der Waals surface area contributed by atoms with Crippen LogP contribution in [-0.2, 0) is 15.1 Å². The Morgan fingerprint density at radius 3 is 2.37 bits per heavy atom. The van der Waals surface area contributed by atoms with E-state index in [0.29, 0.717) is 30.2 Å². The molecule has 1 aliphatic heterocycles. The fourth-order valence-corrected chi connectivity index (χ4v) is 3.08. The summed E-state index contributed by atoms with van der Waals surface area (Å²) in [6, 6.07) is 13.5. The summed E-state index contributed by atoms with van der Waals surface area (Å²) in [5.74, 6) is -0.305. The van der Waals surface area contributed by atoms with E-state index in [4.69, 9.17) is 10.5 Å². The van der Waals surface area contributed by atoms with Gasteiger partial charge in [0.05, 0.1) is 0 Å². The second kappa shape index (κ2) is 9.60. The fraction of sp³-hybridized carbons (Fsp3) is 0.286. The van der Waals surface area contributed by atoms with Gasteiger partial charge in [0.1, 0.15) is 24.4 Å². The molecule has 1 atom stereocenters. The van der Waals surface area contributed by atoms with E-state index >= 15 is 0 Å². The standard InChI is InChI=1S/C21H24N4O4.ClH/c1-14-3-5-15(6-4-14)21(2)19(27)25(20(28)24-21)13-18(26)23-16-7-9-17(10-8-16)29-12-11-22;/h3-10H,11-13,22H2,1-2H3,(H,23,26)(H,24,28);1H. The minimum Gasteiger partial charge on any atom is -0.492 e. The van der Waals surface area contributed by atoms with E-state index in [9.17, 15) is 14.4 Å². The summed E-state index contributed by atoms with van der Waals surface area (Å²) in [7, 11) is 0. The Kier molecular flexibility index (Phi) is 7.42. The highest BCUT2D eigenvalue weighted by Crippen LogP contribution is 2.29. The zero-order valence-corrected chi connectivity index (χ0v) is 17.6. The highest BCUT2D eigenvalue weighted by molar-refractivity contribution is 6.10. The van der Waals surface area contributed by atoms with Crippen molar-refractivity contribution in [2.45, 2.75) is 19.4 Å². The molecule has 0 radical (unpaired) electrons. The van der Waals surface area contributed by atoms with Crippen molar-refractivity contribution in [3.63, 3.8) is 0 Å². The van der Waals surface area contributed by atoms with Gasteiger partial charge < -0.3 is 21.1 Å². The van der Waals surface area contributed by atoms with Gasteiger partial charge in [-0.05, 0) is 43.7 Å². The first-order chi connectivity index (χ1) is 13.8. The molecule has 1 fully saturated rings. The Bertz CT molecular complexity index is 918. The monoisotopic (exact) mass is 432 g/mol. The number of aryl methyl sites for hydroxylation is 1. The van der Waals surface area contributed by atoms with Gasteiger partial charge in [0.2, 0.25) is 5.91 Å². The molecule has 160 valence electrons. The molecule has 1 aliphatic rings. The number of hydrogen-bond donors (Lipinski definition) is 3. The van der Waals surface area contributed by atoms with Crippen molar-refractivity contribution in [3.05, 3.63) is 59.7 Å². The molecule has 0 bridgehead atoms. The number of ether oxygens (including phenoxy) is 1. The molecular weight excluding hydrogens is 408 g/mol.